The Morgan fingerprint density at radius 3 is 2.31 bits per heavy atom. The zero-order chi connectivity index (χ0) is 9.59. The molecule has 2 fully saturated rings. The lowest BCUT2D eigenvalue weighted by atomic mass is 10.3. The van der Waals surface area contributed by atoms with Gasteiger partial charge in [0.15, 0.2) is 0 Å². The molecule has 1 amide bonds. The molecule has 1 saturated heterocycles. The van der Waals surface area contributed by atoms with Crippen LogP contribution in [0.5, 0.6) is 0 Å². The first-order valence-corrected chi connectivity index (χ1v) is 5.11. The predicted octanol–water partition coefficient (Wildman–Crippen LogP) is 0.461. The molecule has 0 radical (unpaired) electrons. The highest BCUT2D eigenvalue weighted by Crippen LogP contribution is 2.45. The first kappa shape index (κ1) is 9.00. The van der Waals surface area contributed by atoms with E-state index in [0.29, 0.717) is 12.1 Å². The zero-order valence-corrected chi connectivity index (χ0v) is 8.58. The molecule has 3 heteroatoms. The molecular formula is C10H18N2O. The van der Waals surface area contributed by atoms with Gasteiger partial charge in [-0.15, -0.1) is 0 Å². The van der Waals surface area contributed by atoms with Gasteiger partial charge < -0.3 is 10.2 Å². The van der Waals surface area contributed by atoms with E-state index < -0.39 is 0 Å². The van der Waals surface area contributed by atoms with Gasteiger partial charge in [-0.05, 0) is 11.8 Å². The fourth-order valence-electron chi connectivity index (χ4n) is 2.42. The van der Waals surface area contributed by atoms with E-state index in [-0.39, 0.29) is 5.91 Å². The number of rotatable bonds is 2. The van der Waals surface area contributed by atoms with Crippen LogP contribution in [0.15, 0.2) is 0 Å². The second-order valence-electron chi connectivity index (χ2n) is 4.60. The molecule has 1 unspecified atom stereocenters. The molecule has 1 saturated carbocycles. The topological polar surface area (TPSA) is 32.3 Å². The quantitative estimate of drug-likeness (QED) is 0.673. The maximum Gasteiger partial charge on any atom is 0.219 e. The van der Waals surface area contributed by atoms with Crippen LogP contribution >= 0.6 is 0 Å². The monoisotopic (exact) mass is 182 g/mol. The van der Waals surface area contributed by atoms with E-state index in [0.717, 1.165) is 24.9 Å². The van der Waals surface area contributed by atoms with Gasteiger partial charge in [0.1, 0.15) is 0 Å². The molecule has 2 rings (SSSR count). The molecule has 74 valence electrons. The highest BCUT2D eigenvalue weighted by atomic mass is 16.2. The van der Waals surface area contributed by atoms with Crippen LogP contribution in [0, 0.1) is 11.8 Å². The number of fused-ring (bicyclic) bond motifs is 1. The van der Waals surface area contributed by atoms with E-state index in [4.69, 9.17) is 0 Å². The molecule has 2 aliphatic rings. The van der Waals surface area contributed by atoms with Gasteiger partial charge >= 0.3 is 0 Å². The fourth-order valence-corrected chi connectivity index (χ4v) is 2.42. The summed E-state index contributed by atoms with van der Waals surface area (Å²) in [5, 5.41) is 3.54. The summed E-state index contributed by atoms with van der Waals surface area (Å²) in [7, 11) is 0. The summed E-state index contributed by atoms with van der Waals surface area (Å²) in [6, 6.07) is 1.26. The highest BCUT2D eigenvalue weighted by molar-refractivity contribution is 5.73. The number of carbonyl (C=O) groups is 1. The van der Waals surface area contributed by atoms with Gasteiger partial charge in [0.05, 0.1) is 0 Å². The van der Waals surface area contributed by atoms with Crippen LogP contribution in [0.4, 0.5) is 0 Å². The van der Waals surface area contributed by atoms with Crippen molar-refractivity contribution in [2.24, 2.45) is 11.8 Å². The van der Waals surface area contributed by atoms with Crippen LogP contribution < -0.4 is 5.32 Å². The normalized spacial score (nSPS) is 36.6. The smallest absolute Gasteiger partial charge is 0.219 e. The van der Waals surface area contributed by atoms with Gasteiger partial charge in [-0.2, -0.15) is 0 Å². The Hall–Kier alpha value is -0.570. The van der Waals surface area contributed by atoms with Gasteiger partial charge in [-0.1, -0.05) is 13.8 Å². The number of amides is 1. The van der Waals surface area contributed by atoms with Crippen LogP contribution in [-0.2, 0) is 4.79 Å². The lowest BCUT2D eigenvalue weighted by Gasteiger charge is -2.19. The first-order valence-electron chi connectivity index (χ1n) is 5.11. The molecule has 3 nitrogen and oxygen atoms in total. The molecule has 1 aliphatic carbocycles. The number of nitrogens with one attached hydrogen (secondary N) is 1. The van der Waals surface area contributed by atoms with Gasteiger partial charge in [0.25, 0.3) is 0 Å². The molecule has 1 aliphatic heterocycles. The van der Waals surface area contributed by atoms with Crippen molar-refractivity contribution < 1.29 is 4.79 Å². The molecule has 0 bridgehead atoms. The number of hydrogen-bond donors (Lipinski definition) is 1. The van der Waals surface area contributed by atoms with Crippen molar-refractivity contribution in [3.63, 3.8) is 0 Å². The number of likely N-dealkylation sites (tertiary alicyclic amines) is 1. The molecule has 13 heavy (non-hydrogen) atoms. The van der Waals surface area contributed by atoms with Crippen LogP contribution in [0.1, 0.15) is 20.8 Å². The Kier molecular flexibility index (Phi) is 2.06. The summed E-state index contributed by atoms with van der Waals surface area (Å²) in [6.45, 7) is 7.97. The van der Waals surface area contributed by atoms with E-state index >= 15 is 0 Å². The fraction of sp³-hybridized carbons (Fsp3) is 0.900. The third-order valence-corrected chi connectivity index (χ3v) is 3.17. The zero-order valence-electron chi connectivity index (χ0n) is 8.58. The molecule has 1 N–H and O–H groups in total. The average Bonchev–Trinajstić information content (AvgIpc) is 2.51. The predicted molar refractivity (Wildman–Crippen MR) is 51.3 cm³/mol. The molecule has 0 aromatic carbocycles. The van der Waals surface area contributed by atoms with Crippen molar-refractivity contribution in [1.82, 2.24) is 10.2 Å². The summed E-state index contributed by atoms with van der Waals surface area (Å²) < 4.78 is 0. The van der Waals surface area contributed by atoms with Gasteiger partial charge in [-0.25, -0.2) is 0 Å². The third kappa shape index (κ3) is 1.57. The third-order valence-electron chi connectivity index (χ3n) is 3.17. The minimum absolute atomic E-state index is 0.232. The molecular weight excluding hydrogens is 164 g/mol. The van der Waals surface area contributed by atoms with Crippen molar-refractivity contribution in [1.29, 1.82) is 0 Å². The summed E-state index contributed by atoms with van der Waals surface area (Å²) in [5.74, 6) is 1.72. The maximum absolute atomic E-state index is 11.0. The molecule has 0 aromatic rings. The van der Waals surface area contributed by atoms with E-state index in [1.54, 1.807) is 6.92 Å². The number of nitrogens with zero attached hydrogens (tertiary/aromatic N) is 1. The number of carbonyl (C=O) groups excluding carboxylic acids is 1. The standard InChI is InChI=1S/C10H18N2O/c1-6(2)11-10-8-4-12(7(3)13)5-9(8)10/h6,8-11H,4-5H2,1-3H3/t8-,9+,10?. The molecule has 1 heterocycles. The second-order valence-corrected chi connectivity index (χ2v) is 4.60. The lowest BCUT2D eigenvalue weighted by molar-refractivity contribution is -0.128. The van der Waals surface area contributed by atoms with Gasteiger partial charge in [0, 0.05) is 32.1 Å². The second kappa shape index (κ2) is 2.98. The molecule has 0 spiro atoms. The van der Waals surface area contributed by atoms with Gasteiger partial charge in [0.2, 0.25) is 5.91 Å². The molecule has 0 aromatic heterocycles. The van der Waals surface area contributed by atoms with Crippen molar-refractivity contribution in [3.05, 3.63) is 0 Å². The van der Waals surface area contributed by atoms with Crippen LogP contribution in [-0.4, -0.2) is 36.0 Å². The summed E-state index contributed by atoms with van der Waals surface area (Å²) in [5.41, 5.74) is 0. The highest BCUT2D eigenvalue weighted by Gasteiger charge is 2.56. The van der Waals surface area contributed by atoms with Gasteiger partial charge in [-0.3, -0.25) is 4.79 Å². The van der Waals surface area contributed by atoms with Crippen LogP contribution in [0.2, 0.25) is 0 Å². The summed E-state index contributed by atoms with van der Waals surface area (Å²) in [4.78, 5) is 13.0. The Labute approximate surface area is 79.5 Å². The summed E-state index contributed by atoms with van der Waals surface area (Å²) in [6.07, 6.45) is 0. The minimum Gasteiger partial charge on any atom is -0.342 e. The van der Waals surface area contributed by atoms with Crippen molar-refractivity contribution in [3.8, 4) is 0 Å². The lowest BCUT2D eigenvalue weighted by Crippen LogP contribution is -2.36. The van der Waals surface area contributed by atoms with Crippen molar-refractivity contribution in [2.45, 2.75) is 32.9 Å². The summed E-state index contributed by atoms with van der Waals surface area (Å²) >= 11 is 0. The number of piperidine rings is 1. The minimum atomic E-state index is 0.232. The number of hydrogen-bond acceptors (Lipinski definition) is 2. The Bertz CT molecular complexity index is 215. The SMILES string of the molecule is CC(=O)N1C[C@@H]2C(NC(C)C)[C@@H]2C1. The van der Waals surface area contributed by atoms with Crippen molar-refractivity contribution >= 4 is 5.91 Å². The van der Waals surface area contributed by atoms with Crippen LogP contribution in [0.3, 0.4) is 0 Å². The van der Waals surface area contributed by atoms with E-state index in [9.17, 15) is 4.79 Å². The van der Waals surface area contributed by atoms with Crippen LogP contribution in [0.25, 0.3) is 0 Å². The van der Waals surface area contributed by atoms with Crippen molar-refractivity contribution in [2.75, 3.05) is 13.1 Å². The van der Waals surface area contributed by atoms with E-state index in [1.165, 1.54) is 0 Å². The van der Waals surface area contributed by atoms with E-state index in [2.05, 4.69) is 19.2 Å². The van der Waals surface area contributed by atoms with E-state index in [1.807, 2.05) is 4.90 Å². The average molecular weight is 182 g/mol. The maximum atomic E-state index is 11.0. The Morgan fingerprint density at radius 2 is 1.92 bits per heavy atom. The Morgan fingerprint density at radius 1 is 1.38 bits per heavy atom. The first-order chi connectivity index (χ1) is 6.09. The largest absolute Gasteiger partial charge is 0.342 e. The molecule has 3 atom stereocenters. The Balaban J connectivity index is 1.80.